The van der Waals surface area contributed by atoms with Gasteiger partial charge in [0.2, 0.25) is 17.8 Å². The Morgan fingerprint density at radius 2 is 1.67 bits per heavy atom. The van der Waals surface area contributed by atoms with Crippen LogP contribution in [0.2, 0.25) is 0 Å². The summed E-state index contributed by atoms with van der Waals surface area (Å²) in [4.78, 5) is 29.3. The molecule has 1 amide bonds. The smallest absolute Gasteiger partial charge is 0.255 e. The summed E-state index contributed by atoms with van der Waals surface area (Å²) in [5.41, 5.74) is 8.89. The highest BCUT2D eigenvalue weighted by Crippen LogP contribution is 2.28. The molecule has 11 heteroatoms. The Balaban J connectivity index is 1.49. The van der Waals surface area contributed by atoms with E-state index in [1.165, 1.54) is 0 Å². The number of hydrogen-bond acceptors (Lipinski definition) is 10. The van der Waals surface area contributed by atoms with Gasteiger partial charge < -0.3 is 25.0 Å². The number of nitrogens with two attached hydrogens (primary N) is 1. The number of carbonyl (C=O) groups excluding carboxylic acids is 1. The summed E-state index contributed by atoms with van der Waals surface area (Å²) in [5, 5.41) is 4.32. The Labute approximate surface area is 193 Å². The van der Waals surface area contributed by atoms with E-state index >= 15 is 0 Å². The van der Waals surface area contributed by atoms with E-state index in [-0.39, 0.29) is 6.61 Å². The summed E-state index contributed by atoms with van der Waals surface area (Å²) in [6.07, 6.45) is 6.23. The van der Waals surface area contributed by atoms with Crippen LogP contribution in [0, 0.1) is 0 Å². The van der Waals surface area contributed by atoms with Gasteiger partial charge in [-0.05, 0) is 56.4 Å². The number of aromatic nitrogens is 3. The van der Waals surface area contributed by atoms with E-state index in [1.807, 2.05) is 13.0 Å². The first-order valence-corrected chi connectivity index (χ1v) is 11.4. The van der Waals surface area contributed by atoms with Crippen LogP contribution >= 0.6 is 0 Å². The number of benzene rings is 1. The summed E-state index contributed by atoms with van der Waals surface area (Å²) in [7, 11) is 0. The molecule has 11 nitrogen and oxygen atoms in total. The van der Waals surface area contributed by atoms with Crippen LogP contribution in [-0.4, -0.2) is 66.5 Å². The van der Waals surface area contributed by atoms with Crippen molar-refractivity contribution in [1.82, 2.24) is 15.0 Å². The average Bonchev–Trinajstić information content (AvgIpc) is 3.53. The van der Waals surface area contributed by atoms with E-state index in [9.17, 15) is 4.79 Å². The first kappa shape index (κ1) is 22.6. The Morgan fingerprint density at radius 3 is 2.24 bits per heavy atom. The first-order valence-electron chi connectivity index (χ1n) is 11.4. The van der Waals surface area contributed by atoms with E-state index in [2.05, 4.69) is 30.3 Å². The predicted molar refractivity (Wildman–Crippen MR) is 126 cm³/mol. The molecule has 0 radical (unpaired) electrons. The fraction of sp³-hybridized carbons (Fsp3) is 0.500. The Morgan fingerprint density at radius 1 is 1.03 bits per heavy atom. The summed E-state index contributed by atoms with van der Waals surface area (Å²) >= 11 is 0. The van der Waals surface area contributed by atoms with Crippen molar-refractivity contribution in [1.29, 1.82) is 0 Å². The standard InChI is InChI=1S/C22H30N8O3/c1-2-32-18-13-16(7-8-17(18)33-15-19(23)31)14-24-28-20-25-21(29-9-3-4-10-29)27-22(26-20)30-11-5-6-12-30/h7-8,13-14H,2-6,9-12,15H2,1H3,(H2,23,31)(H,25,26,27,28)/b24-14+. The molecule has 1 aromatic heterocycles. The van der Waals surface area contributed by atoms with Gasteiger partial charge in [-0.3, -0.25) is 4.79 Å². The van der Waals surface area contributed by atoms with Gasteiger partial charge in [0.15, 0.2) is 18.1 Å². The average molecular weight is 455 g/mol. The van der Waals surface area contributed by atoms with Crippen molar-refractivity contribution in [3.63, 3.8) is 0 Å². The molecule has 0 aliphatic carbocycles. The third kappa shape index (κ3) is 5.99. The number of anilines is 3. The number of rotatable bonds is 10. The van der Waals surface area contributed by atoms with Gasteiger partial charge in [-0.1, -0.05) is 0 Å². The minimum Gasteiger partial charge on any atom is -0.490 e. The largest absolute Gasteiger partial charge is 0.490 e. The summed E-state index contributed by atoms with van der Waals surface area (Å²) < 4.78 is 11.0. The molecule has 33 heavy (non-hydrogen) atoms. The maximum Gasteiger partial charge on any atom is 0.255 e. The van der Waals surface area contributed by atoms with Crippen LogP contribution in [0.3, 0.4) is 0 Å². The van der Waals surface area contributed by atoms with Gasteiger partial charge in [-0.25, -0.2) is 5.43 Å². The van der Waals surface area contributed by atoms with Gasteiger partial charge in [0, 0.05) is 26.2 Å². The lowest BCUT2D eigenvalue weighted by molar-refractivity contribution is -0.119. The highest BCUT2D eigenvalue weighted by Gasteiger charge is 2.21. The molecule has 2 aliphatic rings. The minimum absolute atomic E-state index is 0.215. The normalized spacial score (nSPS) is 15.9. The van der Waals surface area contributed by atoms with E-state index in [1.54, 1.807) is 18.3 Å². The number of hydrogen-bond donors (Lipinski definition) is 2. The molecule has 3 N–H and O–H groups in total. The van der Waals surface area contributed by atoms with Crippen LogP contribution in [-0.2, 0) is 4.79 Å². The first-order chi connectivity index (χ1) is 16.1. The zero-order valence-electron chi connectivity index (χ0n) is 18.9. The molecule has 3 heterocycles. The summed E-state index contributed by atoms with van der Waals surface area (Å²) in [6.45, 7) is 5.93. The van der Waals surface area contributed by atoms with Crippen LogP contribution in [0.15, 0.2) is 23.3 Å². The third-order valence-corrected chi connectivity index (χ3v) is 5.41. The number of primary amides is 1. The molecule has 2 fully saturated rings. The van der Waals surface area contributed by atoms with Crippen LogP contribution in [0.5, 0.6) is 11.5 Å². The maximum absolute atomic E-state index is 11.0. The molecule has 176 valence electrons. The SMILES string of the molecule is CCOc1cc(/C=N/Nc2nc(N3CCCC3)nc(N3CCCC3)n2)ccc1OCC(N)=O. The molecule has 0 unspecified atom stereocenters. The van der Waals surface area contributed by atoms with Gasteiger partial charge >= 0.3 is 0 Å². The highest BCUT2D eigenvalue weighted by molar-refractivity contribution is 5.81. The molecular formula is C22H30N8O3. The molecule has 2 aliphatic heterocycles. The van der Waals surface area contributed by atoms with E-state index in [0.29, 0.717) is 36.0 Å². The predicted octanol–water partition coefficient (Wildman–Crippen LogP) is 1.78. The summed E-state index contributed by atoms with van der Waals surface area (Å²) in [5.74, 6) is 2.20. The quantitative estimate of drug-likeness (QED) is 0.407. The fourth-order valence-electron chi connectivity index (χ4n) is 3.83. The lowest BCUT2D eigenvalue weighted by Gasteiger charge is -2.20. The van der Waals surface area contributed by atoms with Crippen molar-refractivity contribution in [3.05, 3.63) is 23.8 Å². The lowest BCUT2D eigenvalue weighted by atomic mass is 10.2. The van der Waals surface area contributed by atoms with Gasteiger partial charge in [-0.15, -0.1) is 0 Å². The number of nitrogens with zero attached hydrogens (tertiary/aromatic N) is 6. The monoisotopic (exact) mass is 454 g/mol. The van der Waals surface area contributed by atoms with E-state index in [4.69, 9.17) is 20.2 Å². The molecule has 4 rings (SSSR count). The van der Waals surface area contributed by atoms with Crippen LogP contribution < -0.4 is 30.4 Å². The van der Waals surface area contributed by atoms with Crippen molar-refractivity contribution in [3.8, 4) is 11.5 Å². The maximum atomic E-state index is 11.0. The zero-order chi connectivity index (χ0) is 23.0. The molecule has 1 aromatic carbocycles. The molecule has 0 spiro atoms. The Kier molecular flexibility index (Phi) is 7.38. The molecule has 2 saturated heterocycles. The van der Waals surface area contributed by atoms with Gasteiger partial charge in [-0.2, -0.15) is 20.1 Å². The second kappa shape index (κ2) is 10.8. The number of nitrogens with one attached hydrogen (secondary N) is 1. The topological polar surface area (TPSA) is 131 Å². The van der Waals surface area contributed by atoms with E-state index in [0.717, 1.165) is 57.4 Å². The van der Waals surface area contributed by atoms with Crippen molar-refractivity contribution >= 4 is 30.0 Å². The van der Waals surface area contributed by atoms with Gasteiger partial charge in [0.1, 0.15) is 0 Å². The van der Waals surface area contributed by atoms with Crippen molar-refractivity contribution in [2.45, 2.75) is 32.6 Å². The van der Waals surface area contributed by atoms with Crippen LogP contribution in [0.1, 0.15) is 38.2 Å². The van der Waals surface area contributed by atoms with Gasteiger partial charge in [0.25, 0.3) is 5.91 Å². The second-order valence-corrected chi connectivity index (χ2v) is 7.91. The Hall–Kier alpha value is -3.63. The minimum atomic E-state index is -0.550. The van der Waals surface area contributed by atoms with Crippen LogP contribution in [0.25, 0.3) is 0 Å². The number of ether oxygens (including phenoxy) is 2. The molecule has 0 atom stereocenters. The molecule has 0 bridgehead atoms. The number of hydrazone groups is 1. The van der Waals surface area contributed by atoms with Crippen molar-refractivity contribution < 1.29 is 14.3 Å². The van der Waals surface area contributed by atoms with E-state index < -0.39 is 5.91 Å². The van der Waals surface area contributed by atoms with Crippen molar-refractivity contribution in [2.24, 2.45) is 10.8 Å². The summed E-state index contributed by atoms with van der Waals surface area (Å²) in [6, 6.07) is 5.31. The third-order valence-electron chi connectivity index (χ3n) is 5.41. The number of amides is 1. The molecule has 0 saturated carbocycles. The molecule has 2 aromatic rings. The number of carbonyl (C=O) groups is 1. The zero-order valence-corrected chi connectivity index (χ0v) is 18.9. The molecular weight excluding hydrogens is 424 g/mol. The van der Waals surface area contributed by atoms with Crippen LogP contribution in [0.4, 0.5) is 17.8 Å². The fourth-order valence-corrected chi connectivity index (χ4v) is 3.83. The van der Waals surface area contributed by atoms with Crippen molar-refractivity contribution in [2.75, 3.05) is 54.6 Å². The lowest BCUT2D eigenvalue weighted by Crippen LogP contribution is -2.25. The Bertz CT molecular complexity index is 953. The second-order valence-electron chi connectivity index (χ2n) is 7.91. The van der Waals surface area contributed by atoms with Gasteiger partial charge in [0.05, 0.1) is 12.8 Å². The highest BCUT2D eigenvalue weighted by atomic mass is 16.5.